The zero-order valence-corrected chi connectivity index (χ0v) is 10.6. The van der Waals surface area contributed by atoms with E-state index in [4.69, 9.17) is 27.0 Å². The molecule has 17 heavy (non-hydrogen) atoms. The molecule has 0 aliphatic heterocycles. The molecule has 0 amide bonds. The van der Waals surface area contributed by atoms with E-state index < -0.39 is 0 Å². The zero-order chi connectivity index (χ0) is 12.8. The van der Waals surface area contributed by atoms with Gasteiger partial charge in [-0.1, -0.05) is 0 Å². The van der Waals surface area contributed by atoms with E-state index in [1.54, 1.807) is 26.5 Å². The number of ether oxygens (including phenoxy) is 2. The van der Waals surface area contributed by atoms with Crippen molar-refractivity contribution >= 4 is 23.0 Å². The molecule has 0 aliphatic rings. The molecule has 0 heterocycles. The number of rotatable bonds is 3. The van der Waals surface area contributed by atoms with Gasteiger partial charge < -0.3 is 14.8 Å². The molecule has 0 saturated heterocycles. The SMILES string of the molecule is COc1cc(NC(=S)NC#N)cc(C)c1OC. The smallest absolute Gasteiger partial charge is 0.184 e. The summed E-state index contributed by atoms with van der Waals surface area (Å²) in [7, 11) is 3.15. The van der Waals surface area contributed by atoms with Gasteiger partial charge in [0.05, 0.1) is 14.2 Å². The topological polar surface area (TPSA) is 66.3 Å². The van der Waals surface area contributed by atoms with Crippen molar-refractivity contribution in [3.8, 4) is 17.7 Å². The Kier molecular flexibility index (Phi) is 4.55. The van der Waals surface area contributed by atoms with Gasteiger partial charge in [-0.2, -0.15) is 5.26 Å². The van der Waals surface area contributed by atoms with Crippen LogP contribution in [-0.2, 0) is 0 Å². The summed E-state index contributed by atoms with van der Waals surface area (Å²) in [6.07, 6.45) is 1.74. The predicted octanol–water partition coefficient (Wildman–Crippen LogP) is 1.78. The highest BCUT2D eigenvalue weighted by atomic mass is 32.1. The first kappa shape index (κ1) is 13.1. The largest absolute Gasteiger partial charge is 0.493 e. The normalized spacial score (nSPS) is 9.06. The van der Waals surface area contributed by atoms with Crippen LogP contribution in [0.25, 0.3) is 0 Å². The molecule has 0 aliphatic carbocycles. The van der Waals surface area contributed by atoms with Crippen LogP contribution in [0, 0.1) is 18.4 Å². The van der Waals surface area contributed by atoms with Gasteiger partial charge in [0.1, 0.15) is 0 Å². The number of nitriles is 1. The van der Waals surface area contributed by atoms with E-state index in [1.165, 1.54) is 0 Å². The van der Waals surface area contributed by atoms with Crippen LogP contribution in [0.1, 0.15) is 5.56 Å². The van der Waals surface area contributed by atoms with Gasteiger partial charge >= 0.3 is 0 Å². The highest BCUT2D eigenvalue weighted by molar-refractivity contribution is 7.80. The second kappa shape index (κ2) is 5.92. The summed E-state index contributed by atoms with van der Waals surface area (Å²) in [6, 6.07) is 3.60. The fourth-order valence-corrected chi connectivity index (χ4v) is 1.60. The molecular weight excluding hydrogens is 238 g/mol. The lowest BCUT2D eigenvalue weighted by Crippen LogP contribution is -2.23. The number of hydrogen-bond donors (Lipinski definition) is 2. The summed E-state index contributed by atoms with van der Waals surface area (Å²) in [6.45, 7) is 1.90. The minimum Gasteiger partial charge on any atom is -0.493 e. The molecule has 0 fully saturated rings. The average Bonchev–Trinajstić information content (AvgIpc) is 2.28. The van der Waals surface area contributed by atoms with E-state index in [9.17, 15) is 0 Å². The third kappa shape index (κ3) is 3.23. The van der Waals surface area contributed by atoms with Crippen LogP contribution in [-0.4, -0.2) is 19.3 Å². The summed E-state index contributed by atoms with van der Waals surface area (Å²) < 4.78 is 10.4. The molecule has 0 bridgehead atoms. The maximum Gasteiger partial charge on any atom is 0.184 e. The molecule has 6 heteroatoms. The molecule has 0 saturated carbocycles. The van der Waals surface area contributed by atoms with E-state index in [0.29, 0.717) is 11.5 Å². The van der Waals surface area contributed by atoms with Crippen molar-refractivity contribution in [2.45, 2.75) is 6.92 Å². The van der Waals surface area contributed by atoms with Gasteiger partial charge in [0.15, 0.2) is 22.8 Å². The van der Waals surface area contributed by atoms with Crippen molar-refractivity contribution in [1.29, 1.82) is 5.26 Å². The third-order valence-corrected chi connectivity index (χ3v) is 2.30. The lowest BCUT2D eigenvalue weighted by Gasteiger charge is -2.13. The van der Waals surface area contributed by atoms with Gasteiger partial charge in [0.2, 0.25) is 0 Å². The lowest BCUT2D eigenvalue weighted by atomic mass is 10.2. The van der Waals surface area contributed by atoms with Crippen LogP contribution >= 0.6 is 12.2 Å². The summed E-state index contributed by atoms with van der Waals surface area (Å²) in [5, 5.41) is 13.9. The molecule has 0 spiro atoms. The Labute approximate surface area is 105 Å². The molecule has 1 rings (SSSR count). The van der Waals surface area contributed by atoms with E-state index in [0.717, 1.165) is 11.3 Å². The van der Waals surface area contributed by atoms with Gasteiger partial charge in [-0.3, -0.25) is 5.32 Å². The summed E-state index contributed by atoms with van der Waals surface area (Å²) >= 11 is 4.90. The Morgan fingerprint density at radius 1 is 1.35 bits per heavy atom. The van der Waals surface area contributed by atoms with Crippen LogP contribution in [0.5, 0.6) is 11.5 Å². The standard InChI is InChI=1S/C11H13N3O2S/c1-7-4-8(14-11(17)13-6-12)5-9(15-2)10(7)16-3/h4-5H,1-3H3,(H2,13,14,17). The van der Waals surface area contributed by atoms with Crippen molar-refractivity contribution in [3.63, 3.8) is 0 Å². The molecule has 2 N–H and O–H groups in total. The van der Waals surface area contributed by atoms with Crippen molar-refractivity contribution in [2.24, 2.45) is 0 Å². The van der Waals surface area contributed by atoms with Gasteiger partial charge in [-0.25, -0.2) is 0 Å². The van der Waals surface area contributed by atoms with Crippen LogP contribution < -0.4 is 20.1 Å². The Morgan fingerprint density at radius 2 is 2.06 bits per heavy atom. The van der Waals surface area contributed by atoms with Gasteiger partial charge in [-0.05, 0) is 30.8 Å². The highest BCUT2D eigenvalue weighted by Gasteiger charge is 2.09. The summed E-state index contributed by atoms with van der Waals surface area (Å²) in [4.78, 5) is 0. The Hall–Kier alpha value is -2.00. The van der Waals surface area contributed by atoms with E-state index in [2.05, 4.69) is 10.6 Å². The van der Waals surface area contributed by atoms with Crippen molar-refractivity contribution in [3.05, 3.63) is 17.7 Å². The molecule has 0 aromatic heterocycles. The maximum absolute atomic E-state index is 8.42. The van der Waals surface area contributed by atoms with Crippen LogP contribution in [0.3, 0.4) is 0 Å². The number of benzene rings is 1. The molecule has 0 atom stereocenters. The van der Waals surface area contributed by atoms with E-state index in [-0.39, 0.29) is 5.11 Å². The third-order valence-electron chi connectivity index (χ3n) is 2.09. The molecular formula is C11H13N3O2S. The molecule has 0 radical (unpaired) electrons. The first-order valence-electron chi connectivity index (χ1n) is 4.81. The first-order valence-corrected chi connectivity index (χ1v) is 5.22. The predicted molar refractivity (Wildman–Crippen MR) is 69.3 cm³/mol. The Morgan fingerprint density at radius 3 is 2.59 bits per heavy atom. The van der Waals surface area contributed by atoms with Crippen molar-refractivity contribution in [1.82, 2.24) is 5.32 Å². The number of nitrogens with zero attached hydrogens (tertiary/aromatic N) is 1. The summed E-state index contributed by atoms with van der Waals surface area (Å²) in [5.74, 6) is 1.28. The number of thiocarbonyl (C=S) groups is 1. The van der Waals surface area contributed by atoms with Crippen LogP contribution in [0.2, 0.25) is 0 Å². The quantitative estimate of drug-likeness (QED) is 0.485. The first-order chi connectivity index (χ1) is 8.12. The fraction of sp³-hybridized carbons (Fsp3) is 0.273. The van der Waals surface area contributed by atoms with Gasteiger partial charge in [0.25, 0.3) is 0 Å². The molecule has 90 valence electrons. The van der Waals surface area contributed by atoms with Crippen molar-refractivity contribution in [2.75, 3.05) is 19.5 Å². The Bertz CT molecular complexity index is 469. The molecule has 5 nitrogen and oxygen atoms in total. The summed E-state index contributed by atoms with van der Waals surface area (Å²) in [5.41, 5.74) is 1.64. The van der Waals surface area contributed by atoms with Crippen molar-refractivity contribution < 1.29 is 9.47 Å². The number of hydrogen-bond acceptors (Lipinski definition) is 4. The molecule has 0 unspecified atom stereocenters. The monoisotopic (exact) mass is 251 g/mol. The van der Waals surface area contributed by atoms with Gasteiger partial charge in [0, 0.05) is 11.8 Å². The molecule has 1 aromatic carbocycles. The minimum atomic E-state index is 0.235. The lowest BCUT2D eigenvalue weighted by molar-refractivity contribution is 0.353. The number of nitrogens with one attached hydrogen (secondary N) is 2. The second-order valence-electron chi connectivity index (χ2n) is 3.22. The Balaban J connectivity index is 3.00. The zero-order valence-electron chi connectivity index (χ0n) is 9.83. The van der Waals surface area contributed by atoms with Gasteiger partial charge in [-0.15, -0.1) is 0 Å². The van der Waals surface area contributed by atoms with E-state index >= 15 is 0 Å². The number of methoxy groups -OCH3 is 2. The highest BCUT2D eigenvalue weighted by Crippen LogP contribution is 2.33. The number of aryl methyl sites for hydroxylation is 1. The van der Waals surface area contributed by atoms with Crippen LogP contribution in [0.4, 0.5) is 5.69 Å². The maximum atomic E-state index is 8.42. The molecule has 1 aromatic rings. The van der Waals surface area contributed by atoms with E-state index in [1.807, 2.05) is 13.0 Å². The fourth-order valence-electron chi connectivity index (χ4n) is 1.44. The number of anilines is 1. The minimum absolute atomic E-state index is 0.235. The average molecular weight is 251 g/mol. The second-order valence-corrected chi connectivity index (χ2v) is 3.63. The van der Waals surface area contributed by atoms with Crippen LogP contribution in [0.15, 0.2) is 12.1 Å².